The van der Waals surface area contributed by atoms with Gasteiger partial charge in [0.2, 0.25) is 5.91 Å². The molecule has 2 aliphatic rings. The van der Waals surface area contributed by atoms with Crippen LogP contribution in [0, 0.1) is 5.92 Å². The van der Waals surface area contributed by atoms with Gasteiger partial charge in [-0.15, -0.1) is 0 Å². The Bertz CT molecular complexity index is 446. The molecule has 4 heteroatoms. The Morgan fingerprint density at radius 2 is 2.18 bits per heavy atom. The summed E-state index contributed by atoms with van der Waals surface area (Å²) in [5.74, 6) is 0.495. The summed E-state index contributed by atoms with van der Waals surface area (Å²) in [6.07, 6.45) is 6.90. The van der Waals surface area contributed by atoms with Gasteiger partial charge in [0.25, 0.3) is 0 Å². The average molecular weight is 233 g/mol. The molecule has 4 nitrogen and oxygen atoms in total. The zero-order chi connectivity index (χ0) is 11.8. The molecule has 0 spiro atoms. The summed E-state index contributed by atoms with van der Waals surface area (Å²) in [4.78, 5) is 11.6. The minimum atomic E-state index is 0.209. The van der Waals surface area contributed by atoms with Gasteiger partial charge in [0, 0.05) is 18.7 Å². The predicted molar refractivity (Wildman–Crippen MR) is 64.4 cm³/mol. The average Bonchev–Trinajstić information content (AvgIpc) is 3.14. The van der Waals surface area contributed by atoms with Crippen molar-refractivity contribution >= 4 is 5.91 Å². The Hall–Kier alpha value is -1.32. The molecular formula is C13H19N3O. The van der Waals surface area contributed by atoms with Crippen molar-refractivity contribution in [1.29, 1.82) is 0 Å². The van der Waals surface area contributed by atoms with Gasteiger partial charge in [-0.1, -0.05) is 0 Å². The van der Waals surface area contributed by atoms with Crippen molar-refractivity contribution in [3.63, 3.8) is 0 Å². The van der Waals surface area contributed by atoms with Crippen LogP contribution in [-0.2, 0) is 31.2 Å². The number of aromatic nitrogens is 2. The van der Waals surface area contributed by atoms with Crippen LogP contribution in [0.5, 0.6) is 0 Å². The van der Waals surface area contributed by atoms with E-state index in [1.807, 2.05) is 11.7 Å². The van der Waals surface area contributed by atoms with E-state index in [1.165, 1.54) is 24.1 Å². The molecule has 2 aliphatic carbocycles. The second-order valence-corrected chi connectivity index (χ2v) is 5.19. The molecule has 0 aromatic carbocycles. The SMILES string of the molecule is Cn1nc(CNC(=O)C2CC2)c2c1CCCC2. The zero-order valence-corrected chi connectivity index (χ0v) is 10.3. The Balaban J connectivity index is 1.71. The zero-order valence-electron chi connectivity index (χ0n) is 10.3. The molecule has 0 radical (unpaired) electrons. The lowest BCUT2D eigenvalue weighted by Gasteiger charge is -2.12. The van der Waals surface area contributed by atoms with E-state index in [1.54, 1.807) is 0 Å². The van der Waals surface area contributed by atoms with Crippen molar-refractivity contribution in [3.8, 4) is 0 Å². The predicted octanol–water partition coefficient (Wildman–Crippen LogP) is 1.33. The van der Waals surface area contributed by atoms with Crippen molar-refractivity contribution in [2.75, 3.05) is 0 Å². The standard InChI is InChI=1S/C13H19N3O/c1-16-12-5-3-2-4-10(12)11(15-16)8-14-13(17)9-6-7-9/h9H,2-8H2,1H3,(H,14,17). The van der Waals surface area contributed by atoms with E-state index in [2.05, 4.69) is 10.4 Å². The first-order valence-electron chi connectivity index (χ1n) is 6.57. The lowest BCUT2D eigenvalue weighted by Crippen LogP contribution is -2.25. The molecule has 1 amide bonds. The minimum absolute atomic E-state index is 0.209. The number of hydrogen-bond donors (Lipinski definition) is 1. The van der Waals surface area contributed by atoms with Crippen molar-refractivity contribution in [1.82, 2.24) is 15.1 Å². The second-order valence-electron chi connectivity index (χ2n) is 5.19. The highest BCUT2D eigenvalue weighted by atomic mass is 16.2. The van der Waals surface area contributed by atoms with Crippen LogP contribution >= 0.6 is 0 Å². The summed E-state index contributed by atoms with van der Waals surface area (Å²) in [5, 5.41) is 7.56. The van der Waals surface area contributed by atoms with Gasteiger partial charge < -0.3 is 5.32 Å². The lowest BCUT2D eigenvalue weighted by molar-refractivity contribution is -0.122. The van der Waals surface area contributed by atoms with E-state index in [0.29, 0.717) is 6.54 Å². The van der Waals surface area contributed by atoms with Gasteiger partial charge in [-0.2, -0.15) is 5.10 Å². The topological polar surface area (TPSA) is 46.9 Å². The van der Waals surface area contributed by atoms with Crippen LogP contribution in [0.25, 0.3) is 0 Å². The second kappa shape index (κ2) is 4.17. The highest BCUT2D eigenvalue weighted by molar-refractivity contribution is 5.80. The fourth-order valence-corrected chi connectivity index (χ4v) is 2.66. The molecule has 0 bridgehead atoms. The van der Waals surface area contributed by atoms with Crippen LogP contribution in [0.15, 0.2) is 0 Å². The van der Waals surface area contributed by atoms with Crippen LogP contribution < -0.4 is 5.32 Å². The molecule has 1 N–H and O–H groups in total. The number of nitrogens with one attached hydrogen (secondary N) is 1. The highest BCUT2D eigenvalue weighted by Crippen LogP contribution is 2.29. The first kappa shape index (κ1) is 10.8. The van der Waals surface area contributed by atoms with Crippen molar-refractivity contribution in [3.05, 3.63) is 17.0 Å². The summed E-state index contributed by atoms with van der Waals surface area (Å²) >= 11 is 0. The Morgan fingerprint density at radius 1 is 1.41 bits per heavy atom. The van der Waals surface area contributed by atoms with Crippen molar-refractivity contribution in [2.24, 2.45) is 13.0 Å². The van der Waals surface area contributed by atoms with Crippen LogP contribution in [0.4, 0.5) is 0 Å². The molecule has 0 aliphatic heterocycles. The lowest BCUT2D eigenvalue weighted by atomic mass is 9.96. The molecule has 1 saturated carbocycles. The molecule has 0 saturated heterocycles. The normalized spacial score (nSPS) is 18.9. The largest absolute Gasteiger partial charge is 0.350 e. The number of carbonyl (C=O) groups is 1. The van der Waals surface area contributed by atoms with E-state index in [-0.39, 0.29) is 11.8 Å². The molecule has 0 atom stereocenters. The molecule has 1 fully saturated rings. The highest BCUT2D eigenvalue weighted by Gasteiger charge is 2.29. The number of nitrogens with zero attached hydrogens (tertiary/aromatic N) is 2. The van der Waals surface area contributed by atoms with Crippen LogP contribution in [0.3, 0.4) is 0 Å². The Labute approximate surface area is 101 Å². The summed E-state index contributed by atoms with van der Waals surface area (Å²) in [5.41, 5.74) is 3.83. The molecule has 1 heterocycles. The van der Waals surface area contributed by atoms with Gasteiger partial charge in [-0.25, -0.2) is 0 Å². The quantitative estimate of drug-likeness (QED) is 0.856. The maximum atomic E-state index is 11.6. The third-order valence-electron chi connectivity index (χ3n) is 3.83. The maximum Gasteiger partial charge on any atom is 0.223 e. The molecule has 1 aromatic rings. The summed E-state index contributed by atoms with van der Waals surface area (Å²) in [7, 11) is 2.01. The van der Waals surface area contributed by atoms with E-state index < -0.39 is 0 Å². The molecule has 92 valence electrons. The Morgan fingerprint density at radius 3 is 2.94 bits per heavy atom. The fraction of sp³-hybridized carbons (Fsp3) is 0.692. The van der Waals surface area contributed by atoms with Gasteiger partial charge in [0.15, 0.2) is 0 Å². The van der Waals surface area contributed by atoms with Gasteiger partial charge in [-0.05, 0) is 44.1 Å². The third kappa shape index (κ3) is 2.08. The number of hydrogen-bond acceptors (Lipinski definition) is 2. The summed E-state index contributed by atoms with van der Waals surface area (Å²) < 4.78 is 1.99. The van der Waals surface area contributed by atoms with Gasteiger partial charge in [-0.3, -0.25) is 9.48 Å². The van der Waals surface area contributed by atoms with E-state index in [0.717, 1.165) is 31.4 Å². The Kier molecular flexibility index (Phi) is 2.65. The first-order valence-corrected chi connectivity index (χ1v) is 6.57. The number of carbonyl (C=O) groups excluding carboxylic acids is 1. The van der Waals surface area contributed by atoms with E-state index >= 15 is 0 Å². The minimum Gasteiger partial charge on any atom is -0.350 e. The number of aryl methyl sites for hydroxylation is 1. The number of rotatable bonds is 3. The van der Waals surface area contributed by atoms with Gasteiger partial charge >= 0.3 is 0 Å². The molecule has 3 rings (SSSR count). The smallest absolute Gasteiger partial charge is 0.223 e. The van der Waals surface area contributed by atoms with Gasteiger partial charge in [0.05, 0.1) is 12.2 Å². The van der Waals surface area contributed by atoms with Crippen molar-refractivity contribution < 1.29 is 4.79 Å². The maximum absolute atomic E-state index is 11.6. The fourth-order valence-electron chi connectivity index (χ4n) is 2.66. The van der Waals surface area contributed by atoms with Crippen LogP contribution in [0.2, 0.25) is 0 Å². The van der Waals surface area contributed by atoms with Gasteiger partial charge in [0.1, 0.15) is 0 Å². The molecule has 0 unspecified atom stereocenters. The number of amides is 1. The monoisotopic (exact) mass is 233 g/mol. The summed E-state index contributed by atoms with van der Waals surface area (Å²) in [6.45, 7) is 0.610. The van der Waals surface area contributed by atoms with Crippen LogP contribution in [0.1, 0.15) is 42.6 Å². The van der Waals surface area contributed by atoms with E-state index in [4.69, 9.17) is 0 Å². The van der Waals surface area contributed by atoms with Crippen LogP contribution in [-0.4, -0.2) is 15.7 Å². The van der Waals surface area contributed by atoms with Crippen molar-refractivity contribution in [2.45, 2.75) is 45.1 Å². The molecular weight excluding hydrogens is 214 g/mol. The third-order valence-corrected chi connectivity index (χ3v) is 3.83. The molecule has 1 aromatic heterocycles. The first-order chi connectivity index (χ1) is 8.25. The summed E-state index contributed by atoms with van der Waals surface area (Å²) in [6, 6.07) is 0. The number of fused-ring (bicyclic) bond motifs is 1. The molecule has 17 heavy (non-hydrogen) atoms. The van der Waals surface area contributed by atoms with E-state index in [9.17, 15) is 4.79 Å².